The number of aliphatic hydroxyl groups excluding tert-OH is 4. The average Bonchev–Trinajstić information content (AvgIpc) is 3.17. The third-order valence-electron chi connectivity index (χ3n) is 4.81. The van der Waals surface area contributed by atoms with Gasteiger partial charge in [-0.1, -0.05) is 18.2 Å². The highest BCUT2D eigenvalue weighted by Gasteiger charge is 2.45. The van der Waals surface area contributed by atoms with Crippen molar-refractivity contribution in [2.45, 2.75) is 37.3 Å². The number of nitrogens with zero attached hydrogens (tertiary/aromatic N) is 4. The van der Waals surface area contributed by atoms with Crippen LogP contribution in [0.3, 0.4) is 0 Å². The summed E-state index contributed by atoms with van der Waals surface area (Å²) in [4.78, 5) is 18.0. The maximum Gasteiger partial charge on any atom is 0.254 e. The van der Waals surface area contributed by atoms with Crippen molar-refractivity contribution in [3.05, 3.63) is 42.5 Å². The van der Waals surface area contributed by atoms with Crippen molar-refractivity contribution in [3.63, 3.8) is 0 Å². The lowest BCUT2D eigenvalue weighted by molar-refractivity contribution is -0.299. The lowest BCUT2D eigenvalue weighted by Crippen LogP contribution is -2.61. The number of ether oxygens (including phenoxy) is 1. The van der Waals surface area contributed by atoms with E-state index in [1.54, 1.807) is 24.3 Å². The van der Waals surface area contributed by atoms with Gasteiger partial charge in [0.25, 0.3) is 6.29 Å². The van der Waals surface area contributed by atoms with Gasteiger partial charge in [0.1, 0.15) is 42.8 Å². The Morgan fingerprint density at radius 1 is 1.07 bits per heavy atom. The molecule has 0 bridgehead atoms. The summed E-state index contributed by atoms with van der Waals surface area (Å²) in [5, 5.41) is 52.2. The summed E-state index contributed by atoms with van der Waals surface area (Å²) < 4.78 is 6.47. The first-order valence-corrected chi connectivity index (χ1v) is 9.16. The van der Waals surface area contributed by atoms with E-state index < -0.39 is 37.3 Å². The Morgan fingerprint density at radius 2 is 1.87 bits per heavy atom. The molecule has 3 heterocycles. The number of para-hydroxylation sites is 1. The Morgan fingerprint density at radius 3 is 2.63 bits per heavy atom. The number of hydrogen-bond donors (Lipinski definition) is 6. The van der Waals surface area contributed by atoms with Gasteiger partial charge in [-0.15, -0.1) is 4.73 Å². The van der Waals surface area contributed by atoms with Crippen molar-refractivity contribution in [2.75, 3.05) is 11.9 Å². The number of nitrogens with one attached hydrogen (secondary N) is 1. The number of hydrogen-bond acceptors (Lipinski definition) is 11. The van der Waals surface area contributed by atoms with Crippen molar-refractivity contribution in [1.82, 2.24) is 19.7 Å². The quantitative estimate of drug-likeness (QED) is 0.271. The second-order valence-electron chi connectivity index (χ2n) is 6.75. The Kier molecular flexibility index (Phi) is 5.65. The van der Waals surface area contributed by atoms with Crippen LogP contribution in [0.25, 0.3) is 11.2 Å². The van der Waals surface area contributed by atoms with Gasteiger partial charge in [0.2, 0.25) is 5.65 Å². The Hall–Kier alpha value is -3.03. The molecular formula is C18H21N5O7. The van der Waals surface area contributed by atoms with Gasteiger partial charge in [0.05, 0.1) is 6.61 Å². The maximum atomic E-state index is 10.1. The molecule has 1 aromatic carbocycles. The standard InChI is InChI=1S/C18H21N5O7/c24-6-11-13(26)14(27)15(28)18(29-11)30-23-8-22-12-16(20-7-21-17(12)23)19-5-9-3-1-2-4-10(9)25/h1-4,7-8,11,13-15,18,24-28H,5-6H2,(H,19,20,21)/t11-,13-,14+,15-,18+/m1/s1. The van der Waals surface area contributed by atoms with Crippen LogP contribution in [0.4, 0.5) is 5.82 Å². The van der Waals surface area contributed by atoms with Gasteiger partial charge in [-0.25, -0.2) is 15.0 Å². The number of anilines is 1. The molecule has 6 N–H and O–H groups in total. The molecule has 0 radical (unpaired) electrons. The van der Waals surface area contributed by atoms with E-state index in [0.717, 1.165) is 4.73 Å². The van der Waals surface area contributed by atoms with Crippen LogP contribution < -0.4 is 10.2 Å². The van der Waals surface area contributed by atoms with E-state index in [2.05, 4.69) is 20.3 Å². The fraction of sp³-hybridized carbons (Fsp3) is 0.389. The summed E-state index contributed by atoms with van der Waals surface area (Å²) in [5.74, 6) is 0.534. The number of phenols is 1. The molecule has 1 saturated heterocycles. The van der Waals surface area contributed by atoms with Crippen molar-refractivity contribution in [1.29, 1.82) is 0 Å². The topological polar surface area (TPSA) is 175 Å². The molecule has 2 aromatic heterocycles. The average molecular weight is 419 g/mol. The first kappa shape index (κ1) is 20.3. The predicted molar refractivity (Wildman–Crippen MR) is 101 cm³/mol. The highest BCUT2D eigenvalue weighted by Crippen LogP contribution is 2.23. The highest BCUT2D eigenvalue weighted by atomic mass is 16.8. The van der Waals surface area contributed by atoms with Crippen LogP contribution in [-0.4, -0.2) is 82.5 Å². The summed E-state index contributed by atoms with van der Waals surface area (Å²) in [5.41, 5.74) is 1.28. The Bertz CT molecular complexity index is 1010. The molecule has 1 aliphatic heterocycles. The molecule has 160 valence electrons. The molecule has 1 aliphatic rings. The maximum absolute atomic E-state index is 10.1. The van der Waals surface area contributed by atoms with Crippen LogP contribution in [0.15, 0.2) is 36.9 Å². The third kappa shape index (κ3) is 3.74. The summed E-state index contributed by atoms with van der Waals surface area (Å²) >= 11 is 0. The molecule has 1 fully saturated rings. The number of aliphatic hydroxyl groups is 4. The lowest BCUT2D eigenvalue weighted by Gasteiger charge is -2.39. The van der Waals surface area contributed by atoms with Crippen molar-refractivity contribution in [3.8, 4) is 5.75 Å². The second kappa shape index (κ2) is 8.38. The fourth-order valence-electron chi connectivity index (χ4n) is 3.13. The van der Waals surface area contributed by atoms with Gasteiger partial charge in [-0.3, -0.25) is 0 Å². The molecule has 30 heavy (non-hydrogen) atoms. The van der Waals surface area contributed by atoms with Crippen LogP contribution >= 0.6 is 0 Å². The first-order chi connectivity index (χ1) is 14.5. The lowest BCUT2D eigenvalue weighted by atomic mass is 9.99. The Labute approximate surface area is 169 Å². The highest BCUT2D eigenvalue weighted by molar-refractivity contribution is 5.82. The van der Waals surface area contributed by atoms with E-state index in [1.807, 2.05) is 0 Å². The van der Waals surface area contributed by atoms with Gasteiger partial charge in [0, 0.05) is 12.1 Å². The molecule has 0 aliphatic carbocycles. The zero-order chi connectivity index (χ0) is 21.3. The van der Waals surface area contributed by atoms with Gasteiger partial charge >= 0.3 is 0 Å². The first-order valence-electron chi connectivity index (χ1n) is 9.16. The minimum absolute atomic E-state index is 0.145. The van der Waals surface area contributed by atoms with Gasteiger partial charge < -0.3 is 40.4 Å². The van der Waals surface area contributed by atoms with Gasteiger partial charge in [0.15, 0.2) is 11.3 Å². The predicted octanol–water partition coefficient (Wildman–Crippen LogP) is -1.63. The number of rotatable bonds is 6. The van der Waals surface area contributed by atoms with E-state index in [1.165, 1.54) is 12.7 Å². The molecule has 0 spiro atoms. The summed E-state index contributed by atoms with van der Waals surface area (Å²) in [7, 11) is 0. The molecule has 3 aromatic rings. The van der Waals surface area contributed by atoms with Crippen molar-refractivity contribution in [2.24, 2.45) is 0 Å². The summed E-state index contributed by atoms with van der Waals surface area (Å²) in [6.45, 7) is -0.280. The normalized spacial score (nSPS) is 26.6. The van der Waals surface area contributed by atoms with E-state index >= 15 is 0 Å². The summed E-state index contributed by atoms with van der Waals surface area (Å²) in [6, 6.07) is 6.87. The van der Waals surface area contributed by atoms with Crippen LogP contribution in [0.5, 0.6) is 5.75 Å². The van der Waals surface area contributed by atoms with Gasteiger partial charge in [-0.2, -0.15) is 0 Å². The largest absolute Gasteiger partial charge is 0.508 e. The van der Waals surface area contributed by atoms with E-state index in [0.29, 0.717) is 23.4 Å². The molecule has 12 nitrogen and oxygen atoms in total. The number of fused-ring (bicyclic) bond motifs is 1. The number of imidazole rings is 1. The molecule has 5 atom stereocenters. The smallest absolute Gasteiger partial charge is 0.254 e. The number of benzene rings is 1. The third-order valence-corrected chi connectivity index (χ3v) is 4.81. The number of phenolic OH excluding ortho intramolecular Hbond substituents is 1. The van der Waals surface area contributed by atoms with Crippen LogP contribution in [0.1, 0.15) is 5.56 Å². The summed E-state index contributed by atoms with van der Waals surface area (Å²) in [6.07, 6.45) is -4.55. The van der Waals surface area contributed by atoms with E-state index in [-0.39, 0.29) is 11.4 Å². The van der Waals surface area contributed by atoms with Gasteiger partial charge in [-0.05, 0) is 6.07 Å². The van der Waals surface area contributed by atoms with E-state index in [9.17, 15) is 25.5 Å². The van der Waals surface area contributed by atoms with Crippen molar-refractivity contribution >= 4 is 17.0 Å². The monoisotopic (exact) mass is 419 g/mol. The second-order valence-corrected chi connectivity index (χ2v) is 6.75. The molecule has 0 amide bonds. The zero-order valence-corrected chi connectivity index (χ0v) is 15.6. The SMILES string of the molecule is OC[C@H]1O[C@@H](On2cnc3c(NCc4ccccc4O)ncnc32)[C@H](O)[C@@H](O)[C@@H]1O. The van der Waals surface area contributed by atoms with Crippen LogP contribution in [0.2, 0.25) is 0 Å². The van der Waals surface area contributed by atoms with Crippen LogP contribution in [0, 0.1) is 0 Å². The molecule has 12 heteroatoms. The number of aromatic nitrogens is 4. The van der Waals surface area contributed by atoms with E-state index in [4.69, 9.17) is 9.57 Å². The molecule has 4 rings (SSSR count). The minimum Gasteiger partial charge on any atom is -0.508 e. The molecular weight excluding hydrogens is 398 g/mol. The Balaban J connectivity index is 1.54. The zero-order valence-electron chi connectivity index (χ0n) is 15.6. The molecule has 0 saturated carbocycles. The number of aromatic hydroxyl groups is 1. The van der Waals surface area contributed by atoms with Crippen LogP contribution in [-0.2, 0) is 11.3 Å². The molecule has 0 unspecified atom stereocenters. The minimum atomic E-state index is -1.57. The van der Waals surface area contributed by atoms with Crippen molar-refractivity contribution < 1.29 is 35.1 Å². The fourth-order valence-corrected chi connectivity index (χ4v) is 3.13.